The molecule has 1 atom stereocenters. The molecule has 6 heteroatoms. The van der Waals surface area contributed by atoms with Crippen LogP contribution in [0.1, 0.15) is 34.5 Å². The van der Waals surface area contributed by atoms with Crippen molar-refractivity contribution in [1.82, 2.24) is 4.90 Å². The van der Waals surface area contributed by atoms with Gasteiger partial charge in [-0.1, -0.05) is 0 Å². The van der Waals surface area contributed by atoms with Gasteiger partial charge in [0.15, 0.2) is 0 Å². The third-order valence-electron chi connectivity index (χ3n) is 3.12. The van der Waals surface area contributed by atoms with E-state index in [2.05, 4.69) is 15.9 Å². The lowest BCUT2D eigenvalue weighted by Gasteiger charge is -2.32. The Kier molecular flexibility index (Phi) is 4.07. The van der Waals surface area contributed by atoms with Gasteiger partial charge in [-0.15, -0.1) is 11.3 Å². The summed E-state index contributed by atoms with van der Waals surface area (Å²) in [7, 11) is 0. The molecule has 0 radical (unpaired) electrons. The van der Waals surface area contributed by atoms with E-state index >= 15 is 0 Å². The van der Waals surface area contributed by atoms with Crippen LogP contribution >= 0.6 is 27.3 Å². The summed E-state index contributed by atoms with van der Waals surface area (Å²) in [5.41, 5.74) is 1.01. The minimum Gasteiger partial charge on any atom is -0.480 e. The van der Waals surface area contributed by atoms with E-state index in [1.54, 1.807) is 0 Å². The molecule has 1 N–H and O–H groups in total. The van der Waals surface area contributed by atoms with E-state index in [1.165, 1.54) is 16.2 Å². The second kappa shape index (κ2) is 5.40. The zero-order valence-corrected chi connectivity index (χ0v) is 12.4. The number of hydrogen-bond donors (Lipinski definition) is 1. The van der Waals surface area contributed by atoms with Gasteiger partial charge in [0.05, 0.1) is 8.66 Å². The normalized spacial score (nSPS) is 19.9. The second-order valence-corrected chi connectivity index (χ2v) is 6.79. The Morgan fingerprint density at radius 2 is 2.22 bits per heavy atom. The number of rotatable bonds is 2. The van der Waals surface area contributed by atoms with Crippen LogP contribution in [0.25, 0.3) is 0 Å². The Hall–Kier alpha value is -0.880. The SMILES string of the molecule is Cc1cc(C(=O)N2CCCCC2C(=O)O)sc1Br. The number of carboxylic acids is 1. The lowest BCUT2D eigenvalue weighted by molar-refractivity contribution is -0.143. The minimum atomic E-state index is -0.907. The van der Waals surface area contributed by atoms with Crippen LogP contribution in [0.4, 0.5) is 0 Å². The molecule has 1 saturated heterocycles. The number of thiophene rings is 1. The number of carbonyl (C=O) groups excluding carboxylic acids is 1. The Morgan fingerprint density at radius 3 is 2.78 bits per heavy atom. The smallest absolute Gasteiger partial charge is 0.326 e. The summed E-state index contributed by atoms with van der Waals surface area (Å²) in [5, 5.41) is 9.16. The van der Waals surface area contributed by atoms with E-state index in [0.717, 1.165) is 22.2 Å². The third-order valence-corrected chi connectivity index (χ3v) is 5.24. The molecule has 1 unspecified atom stereocenters. The topological polar surface area (TPSA) is 57.6 Å². The maximum atomic E-state index is 12.3. The highest BCUT2D eigenvalue weighted by atomic mass is 79.9. The molecule has 1 aromatic heterocycles. The van der Waals surface area contributed by atoms with E-state index in [4.69, 9.17) is 5.11 Å². The van der Waals surface area contributed by atoms with Crippen molar-refractivity contribution in [1.29, 1.82) is 0 Å². The highest BCUT2D eigenvalue weighted by Gasteiger charge is 2.33. The van der Waals surface area contributed by atoms with Gasteiger partial charge in [-0.25, -0.2) is 4.79 Å². The Balaban J connectivity index is 2.23. The molecule has 4 nitrogen and oxygen atoms in total. The number of piperidine rings is 1. The van der Waals surface area contributed by atoms with E-state index < -0.39 is 12.0 Å². The first kappa shape index (κ1) is 13.5. The molecule has 0 aliphatic carbocycles. The van der Waals surface area contributed by atoms with Crippen molar-refractivity contribution in [2.24, 2.45) is 0 Å². The first-order valence-electron chi connectivity index (χ1n) is 5.80. The number of halogens is 1. The van der Waals surface area contributed by atoms with Crippen molar-refractivity contribution >= 4 is 39.1 Å². The fourth-order valence-electron chi connectivity index (χ4n) is 2.14. The van der Waals surface area contributed by atoms with E-state index in [-0.39, 0.29) is 5.91 Å². The van der Waals surface area contributed by atoms with Gasteiger partial charge in [0, 0.05) is 6.54 Å². The maximum absolute atomic E-state index is 12.3. The lowest BCUT2D eigenvalue weighted by atomic mass is 10.0. The minimum absolute atomic E-state index is 0.166. The van der Waals surface area contributed by atoms with Gasteiger partial charge in [-0.05, 0) is 53.7 Å². The van der Waals surface area contributed by atoms with Crippen LogP contribution in [-0.2, 0) is 4.79 Å². The van der Waals surface area contributed by atoms with Gasteiger partial charge in [0.1, 0.15) is 6.04 Å². The molecular formula is C12H14BrNO3S. The highest BCUT2D eigenvalue weighted by molar-refractivity contribution is 9.11. The number of nitrogens with zero attached hydrogens (tertiary/aromatic N) is 1. The van der Waals surface area contributed by atoms with Gasteiger partial charge in [0.2, 0.25) is 0 Å². The Morgan fingerprint density at radius 1 is 1.50 bits per heavy atom. The molecule has 2 heterocycles. The van der Waals surface area contributed by atoms with Crippen molar-refractivity contribution < 1.29 is 14.7 Å². The number of carboxylic acid groups (broad SMARTS) is 1. The maximum Gasteiger partial charge on any atom is 0.326 e. The molecule has 98 valence electrons. The van der Waals surface area contributed by atoms with E-state index in [1.807, 2.05) is 13.0 Å². The molecule has 1 aliphatic heterocycles. The fourth-order valence-corrected chi connectivity index (χ4v) is 3.63. The summed E-state index contributed by atoms with van der Waals surface area (Å²) >= 11 is 4.75. The zero-order chi connectivity index (χ0) is 13.3. The molecule has 0 spiro atoms. The van der Waals surface area contributed by atoms with Gasteiger partial charge in [-0.2, -0.15) is 0 Å². The molecule has 0 aromatic carbocycles. The molecule has 0 bridgehead atoms. The highest BCUT2D eigenvalue weighted by Crippen LogP contribution is 2.30. The quantitative estimate of drug-likeness (QED) is 0.906. The van der Waals surface area contributed by atoms with Crippen molar-refractivity contribution in [2.75, 3.05) is 6.54 Å². The molecular weight excluding hydrogens is 318 g/mol. The summed E-state index contributed by atoms with van der Waals surface area (Å²) in [5.74, 6) is -1.07. The van der Waals surface area contributed by atoms with Crippen LogP contribution in [0.5, 0.6) is 0 Å². The van der Waals surface area contributed by atoms with Crippen molar-refractivity contribution in [3.8, 4) is 0 Å². The van der Waals surface area contributed by atoms with Gasteiger partial charge in [-0.3, -0.25) is 4.79 Å². The Labute approximate surface area is 118 Å². The average Bonchev–Trinajstić information content (AvgIpc) is 2.68. The van der Waals surface area contributed by atoms with Crippen LogP contribution in [0.3, 0.4) is 0 Å². The van der Waals surface area contributed by atoms with E-state index in [0.29, 0.717) is 17.8 Å². The summed E-state index contributed by atoms with van der Waals surface area (Å²) in [6, 6.07) is 1.14. The first-order valence-corrected chi connectivity index (χ1v) is 7.41. The number of amides is 1. The molecule has 1 aromatic rings. The number of carbonyl (C=O) groups is 2. The predicted octanol–water partition coefficient (Wildman–Crippen LogP) is 2.90. The number of hydrogen-bond acceptors (Lipinski definition) is 3. The summed E-state index contributed by atoms with van der Waals surface area (Å²) < 4.78 is 0.926. The van der Waals surface area contributed by atoms with Gasteiger partial charge >= 0.3 is 5.97 Å². The molecule has 2 rings (SSSR count). The van der Waals surface area contributed by atoms with Crippen LogP contribution in [0.2, 0.25) is 0 Å². The number of aliphatic carboxylic acids is 1. The van der Waals surface area contributed by atoms with Crippen LogP contribution in [0.15, 0.2) is 9.85 Å². The second-order valence-electron chi connectivity index (χ2n) is 4.42. The van der Waals surface area contributed by atoms with Gasteiger partial charge in [0.25, 0.3) is 5.91 Å². The summed E-state index contributed by atoms with van der Waals surface area (Å²) in [6.45, 7) is 2.45. The van der Waals surface area contributed by atoms with Gasteiger partial charge < -0.3 is 10.0 Å². The van der Waals surface area contributed by atoms with Crippen LogP contribution in [-0.4, -0.2) is 34.5 Å². The third kappa shape index (κ3) is 2.59. The number of aryl methyl sites for hydroxylation is 1. The lowest BCUT2D eigenvalue weighted by Crippen LogP contribution is -2.47. The van der Waals surface area contributed by atoms with Crippen molar-refractivity contribution in [2.45, 2.75) is 32.2 Å². The van der Waals surface area contributed by atoms with Crippen molar-refractivity contribution in [3.05, 3.63) is 20.3 Å². The monoisotopic (exact) mass is 331 g/mol. The standard InChI is InChI=1S/C12H14BrNO3S/c1-7-6-9(18-10(7)13)11(15)14-5-3-2-4-8(14)12(16)17/h6,8H,2-5H2,1H3,(H,16,17). The molecule has 1 fully saturated rings. The largest absolute Gasteiger partial charge is 0.480 e. The summed E-state index contributed by atoms with van der Waals surface area (Å²) in [6.07, 6.45) is 2.29. The average molecular weight is 332 g/mol. The van der Waals surface area contributed by atoms with Crippen LogP contribution < -0.4 is 0 Å². The predicted molar refractivity (Wildman–Crippen MR) is 73.1 cm³/mol. The first-order chi connectivity index (χ1) is 8.50. The van der Waals surface area contributed by atoms with E-state index in [9.17, 15) is 9.59 Å². The Bertz CT molecular complexity index is 466. The van der Waals surface area contributed by atoms with Crippen molar-refractivity contribution in [3.63, 3.8) is 0 Å². The summed E-state index contributed by atoms with van der Waals surface area (Å²) in [4.78, 5) is 25.6. The fraction of sp³-hybridized carbons (Fsp3) is 0.500. The molecule has 1 amide bonds. The molecule has 0 saturated carbocycles. The zero-order valence-electron chi connectivity index (χ0n) is 9.98. The number of likely N-dealkylation sites (tertiary alicyclic amines) is 1. The van der Waals surface area contributed by atoms with Crippen LogP contribution in [0, 0.1) is 6.92 Å². The molecule has 18 heavy (non-hydrogen) atoms. The molecule has 1 aliphatic rings.